The summed E-state index contributed by atoms with van der Waals surface area (Å²) in [6.07, 6.45) is 0. The normalized spacial score (nSPS) is 16.4. The molecule has 1 aromatic carbocycles. The number of carbonyl (C=O) groups is 1. The quantitative estimate of drug-likeness (QED) is 0.848. The fraction of sp³-hybridized carbons (Fsp3) is 0.500. The van der Waals surface area contributed by atoms with E-state index in [-0.39, 0.29) is 5.91 Å². The lowest BCUT2D eigenvalue weighted by atomic mass is 10.3. The minimum Gasteiger partial charge on any atom is -0.492 e. The highest BCUT2D eigenvalue weighted by Gasteiger charge is 2.17. The van der Waals surface area contributed by atoms with Crippen LogP contribution in [-0.2, 0) is 4.79 Å². The Labute approximate surface area is 122 Å². The van der Waals surface area contributed by atoms with E-state index in [4.69, 9.17) is 4.74 Å². The molecule has 0 spiro atoms. The zero-order chi connectivity index (χ0) is 13.7. The number of amides is 1. The van der Waals surface area contributed by atoms with Crippen molar-refractivity contribution in [3.05, 3.63) is 28.7 Å². The molecule has 19 heavy (non-hydrogen) atoms. The van der Waals surface area contributed by atoms with E-state index in [1.807, 2.05) is 29.2 Å². The standard InChI is InChI=1S/C14H19BrN2O2/c1-12(18)17-7-5-16(6-8-17)9-10-19-14-4-2-3-13(15)11-14/h2-4,11H,5-10H2,1H3. The summed E-state index contributed by atoms with van der Waals surface area (Å²) >= 11 is 3.42. The molecule has 0 bridgehead atoms. The number of nitrogens with zero attached hydrogens (tertiary/aromatic N) is 2. The van der Waals surface area contributed by atoms with Gasteiger partial charge in [-0.2, -0.15) is 0 Å². The van der Waals surface area contributed by atoms with Crippen LogP contribution >= 0.6 is 15.9 Å². The van der Waals surface area contributed by atoms with E-state index in [9.17, 15) is 4.79 Å². The van der Waals surface area contributed by atoms with E-state index >= 15 is 0 Å². The number of ether oxygens (including phenoxy) is 1. The van der Waals surface area contributed by atoms with Crippen molar-refractivity contribution >= 4 is 21.8 Å². The van der Waals surface area contributed by atoms with Crippen molar-refractivity contribution in [2.45, 2.75) is 6.92 Å². The average molecular weight is 327 g/mol. The first-order valence-corrected chi connectivity index (χ1v) is 7.31. The Kier molecular flexibility index (Phi) is 5.22. The molecule has 0 unspecified atom stereocenters. The number of hydrogen-bond donors (Lipinski definition) is 0. The zero-order valence-electron chi connectivity index (χ0n) is 11.1. The van der Waals surface area contributed by atoms with Crippen molar-refractivity contribution in [3.8, 4) is 5.75 Å². The van der Waals surface area contributed by atoms with Crippen molar-refractivity contribution in [1.29, 1.82) is 0 Å². The lowest BCUT2D eigenvalue weighted by Gasteiger charge is -2.34. The van der Waals surface area contributed by atoms with Crippen LogP contribution in [-0.4, -0.2) is 55.0 Å². The van der Waals surface area contributed by atoms with Crippen LogP contribution in [0.15, 0.2) is 28.7 Å². The van der Waals surface area contributed by atoms with Gasteiger partial charge in [0.25, 0.3) is 0 Å². The molecule has 0 saturated carbocycles. The monoisotopic (exact) mass is 326 g/mol. The highest BCUT2D eigenvalue weighted by Crippen LogP contribution is 2.17. The summed E-state index contributed by atoms with van der Waals surface area (Å²) in [6.45, 7) is 6.72. The van der Waals surface area contributed by atoms with E-state index in [1.165, 1.54) is 0 Å². The predicted molar refractivity (Wildman–Crippen MR) is 78.3 cm³/mol. The van der Waals surface area contributed by atoms with Crippen LogP contribution in [0.25, 0.3) is 0 Å². The molecule has 1 saturated heterocycles. The van der Waals surface area contributed by atoms with Crippen molar-refractivity contribution in [3.63, 3.8) is 0 Å². The lowest BCUT2D eigenvalue weighted by molar-refractivity contribution is -0.130. The number of benzene rings is 1. The van der Waals surface area contributed by atoms with Crippen LogP contribution in [0.2, 0.25) is 0 Å². The van der Waals surface area contributed by atoms with Crippen LogP contribution in [0, 0.1) is 0 Å². The third-order valence-electron chi connectivity index (χ3n) is 3.29. The predicted octanol–water partition coefficient (Wildman–Crippen LogP) is 1.99. The molecule has 104 valence electrons. The maximum absolute atomic E-state index is 11.2. The summed E-state index contributed by atoms with van der Waals surface area (Å²) in [5, 5.41) is 0. The van der Waals surface area contributed by atoms with Gasteiger partial charge in [0, 0.05) is 44.1 Å². The first kappa shape index (κ1) is 14.3. The maximum atomic E-state index is 11.2. The van der Waals surface area contributed by atoms with Gasteiger partial charge in [0.05, 0.1) is 0 Å². The number of halogens is 1. The Balaban J connectivity index is 1.68. The molecule has 0 N–H and O–H groups in total. The Hall–Kier alpha value is -1.07. The summed E-state index contributed by atoms with van der Waals surface area (Å²) in [6, 6.07) is 7.87. The van der Waals surface area contributed by atoms with Gasteiger partial charge in [-0.3, -0.25) is 9.69 Å². The fourth-order valence-electron chi connectivity index (χ4n) is 2.14. The van der Waals surface area contributed by atoms with Crippen LogP contribution < -0.4 is 4.74 Å². The molecule has 0 aliphatic carbocycles. The van der Waals surface area contributed by atoms with E-state index in [0.29, 0.717) is 6.61 Å². The van der Waals surface area contributed by atoms with Crippen molar-refractivity contribution in [2.75, 3.05) is 39.3 Å². The van der Waals surface area contributed by atoms with Crippen molar-refractivity contribution in [1.82, 2.24) is 9.80 Å². The first-order chi connectivity index (χ1) is 9.15. The number of hydrogen-bond acceptors (Lipinski definition) is 3. The molecule has 0 aromatic heterocycles. The Morgan fingerprint density at radius 2 is 2.05 bits per heavy atom. The molecule has 5 heteroatoms. The first-order valence-electron chi connectivity index (χ1n) is 6.51. The summed E-state index contributed by atoms with van der Waals surface area (Å²) in [4.78, 5) is 15.4. The molecule has 1 fully saturated rings. The highest BCUT2D eigenvalue weighted by molar-refractivity contribution is 9.10. The summed E-state index contributed by atoms with van der Waals surface area (Å²) in [5.74, 6) is 1.06. The molecule has 4 nitrogen and oxygen atoms in total. The lowest BCUT2D eigenvalue weighted by Crippen LogP contribution is -2.48. The Morgan fingerprint density at radius 1 is 1.32 bits per heavy atom. The fourth-order valence-corrected chi connectivity index (χ4v) is 2.51. The molecule has 0 radical (unpaired) electrons. The van der Waals surface area contributed by atoms with Gasteiger partial charge < -0.3 is 9.64 Å². The van der Waals surface area contributed by atoms with Crippen LogP contribution in [0.1, 0.15) is 6.92 Å². The minimum absolute atomic E-state index is 0.171. The topological polar surface area (TPSA) is 32.8 Å². The van der Waals surface area contributed by atoms with Gasteiger partial charge in [-0.1, -0.05) is 22.0 Å². The molecular formula is C14H19BrN2O2. The zero-order valence-corrected chi connectivity index (χ0v) is 12.7. The van der Waals surface area contributed by atoms with E-state index in [2.05, 4.69) is 20.8 Å². The van der Waals surface area contributed by atoms with Crippen LogP contribution in [0.3, 0.4) is 0 Å². The summed E-state index contributed by atoms with van der Waals surface area (Å²) < 4.78 is 6.74. The van der Waals surface area contributed by atoms with Gasteiger partial charge in [-0.25, -0.2) is 0 Å². The van der Waals surface area contributed by atoms with Crippen LogP contribution in [0.5, 0.6) is 5.75 Å². The third-order valence-corrected chi connectivity index (χ3v) is 3.78. The van der Waals surface area contributed by atoms with E-state index in [0.717, 1.165) is 42.9 Å². The summed E-state index contributed by atoms with van der Waals surface area (Å²) in [5.41, 5.74) is 0. The van der Waals surface area contributed by atoms with Gasteiger partial charge in [-0.05, 0) is 18.2 Å². The Morgan fingerprint density at radius 3 is 2.68 bits per heavy atom. The van der Waals surface area contributed by atoms with Crippen molar-refractivity contribution < 1.29 is 9.53 Å². The molecule has 1 aliphatic rings. The molecule has 2 rings (SSSR count). The Bertz CT molecular complexity index is 431. The highest BCUT2D eigenvalue weighted by atomic mass is 79.9. The molecule has 1 heterocycles. The SMILES string of the molecule is CC(=O)N1CCN(CCOc2cccc(Br)c2)CC1. The molecule has 0 atom stereocenters. The molecule has 1 aliphatic heterocycles. The van der Waals surface area contributed by atoms with Crippen molar-refractivity contribution in [2.24, 2.45) is 0 Å². The van der Waals surface area contributed by atoms with Gasteiger partial charge >= 0.3 is 0 Å². The third kappa shape index (κ3) is 4.51. The van der Waals surface area contributed by atoms with E-state index in [1.54, 1.807) is 6.92 Å². The second kappa shape index (κ2) is 6.91. The van der Waals surface area contributed by atoms with Gasteiger partial charge in [0.2, 0.25) is 5.91 Å². The second-order valence-electron chi connectivity index (χ2n) is 4.65. The smallest absolute Gasteiger partial charge is 0.219 e. The van der Waals surface area contributed by atoms with E-state index < -0.39 is 0 Å². The van der Waals surface area contributed by atoms with Crippen LogP contribution in [0.4, 0.5) is 0 Å². The average Bonchev–Trinajstić information content (AvgIpc) is 2.39. The second-order valence-corrected chi connectivity index (χ2v) is 5.57. The number of rotatable bonds is 4. The summed E-state index contributed by atoms with van der Waals surface area (Å²) in [7, 11) is 0. The molecular weight excluding hydrogens is 308 g/mol. The molecule has 1 aromatic rings. The number of piperazine rings is 1. The van der Waals surface area contributed by atoms with Gasteiger partial charge in [-0.15, -0.1) is 0 Å². The molecule has 1 amide bonds. The van der Waals surface area contributed by atoms with Gasteiger partial charge in [0.15, 0.2) is 0 Å². The maximum Gasteiger partial charge on any atom is 0.219 e. The largest absolute Gasteiger partial charge is 0.492 e. The van der Waals surface area contributed by atoms with Gasteiger partial charge in [0.1, 0.15) is 12.4 Å². The minimum atomic E-state index is 0.171. The number of carbonyl (C=O) groups excluding carboxylic acids is 1.